The second-order valence-electron chi connectivity index (χ2n) is 4.97. The summed E-state index contributed by atoms with van der Waals surface area (Å²) in [5.74, 6) is 0. The summed E-state index contributed by atoms with van der Waals surface area (Å²) in [5.41, 5.74) is 0. The van der Waals surface area contributed by atoms with E-state index < -0.39 is 0 Å². The van der Waals surface area contributed by atoms with Gasteiger partial charge in [0.05, 0.1) is 13.2 Å². The van der Waals surface area contributed by atoms with Crippen LogP contribution in [0.4, 0.5) is 0 Å². The van der Waals surface area contributed by atoms with Crippen molar-refractivity contribution in [1.82, 2.24) is 10.2 Å². The number of rotatable bonds is 10. The Morgan fingerprint density at radius 1 is 0.941 bits per heavy atom. The van der Waals surface area contributed by atoms with E-state index in [1.807, 2.05) is 0 Å². The van der Waals surface area contributed by atoms with E-state index in [1.54, 1.807) is 0 Å². The molecule has 1 N–H and O–H groups in total. The highest BCUT2D eigenvalue weighted by Gasteiger charge is 2.08. The molecule has 0 saturated carbocycles. The van der Waals surface area contributed by atoms with Gasteiger partial charge in [-0.2, -0.15) is 0 Å². The number of hydrogen-bond donors (Lipinski definition) is 1. The lowest BCUT2D eigenvalue weighted by Gasteiger charge is -2.26. The Morgan fingerprint density at radius 3 is 2.41 bits per heavy atom. The standard InChI is InChI=1S/C14H30N2O/c1-2-3-4-5-6-7-8-15-9-10-16-11-13-17-14-12-16/h15H,2-14H2,1H3. The third-order valence-electron chi connectivity index (χ3n) is 3.42. The summed E-state index contributed by atoms with van der Waals surface area (Å²) >= 11 is 0. The maximum atomic E-state index is 5.33. The molecule has 0 atom stereocenters. The number of nitrogens with zero attached hydrogens (tertiary/aromatic N) is 1. The van der Waals surface area contributed by atoms with Crippen LogP contribution in [0.25, 0.3) is 0 Å². The van der Waals surface area contributed by atoms with E-state index in [9.17, 15) is 0 Å². The Kier molecular flexibility index (Phi) is 9.66. The van der Waals surface area contributed by atoms with Crippen molar-refractivity contribution in [3.05, 3.63) is 0 Å². The molecule has 0 aromatic carbocycles. The highest BCUT2D eigenvalue weighted by molar-refractivity contribution is 4.63. The van der Waals surface area contributed by atoms with Gasteiger partial charge in [-0.05, 0) is 13.0 Å². The predicted octanol–water partition coefficient (Wildman–Crippen LogP) is 2.27. The molecule has 0 amide bonds. The van der Waals surface area contributed by atoms with Gasteiger partial charge >= 0.3 is 0 Å². The zero-order valence-electron chi connectivity index (χ0n) is 11.5. The van der Waals surface area contributed by atoms with E-state index in [0.29, 0.717) is 0 Å². The smallest absolute Gasteiger partial charge is 0.0594 e. The van der Waals surface area contributed by atoms with Crippen LogP contribution in [0.2, 0.25) is 0 Å². The van der Waals surface area contributed by atoms with Crippen LogP contribution >= 0.6 is 0 Å². The monoisotopic (exact) mass is 242 g/mol. The van der Waals surface area contributed by atoms with Gasteiger partial charge in [0.2, 0.25) is 0 Å². The van der Waals surface area contributed by atoms with Crippen LogP contribution < -0.4 is 5.32 Å². The molecular weight excluding hydrogens is 212 g/mol. The number of ether oxygens (including phenoxy) is 1. The van der Waals surface area contributed by atoms with E-state index in [2.05, 4.69) is 17.1 Å². The first-order valence-corrected chi connectivity index (χ1v) is 7.44. The number of morpholine rings is 1. The molecule has 0 radical (unpaired) electrons. The van der Waals surface area contributed by atoms with E-state index in [4.69, 9.17) is 4.74 Å². The maximum absolute atomic E-state index is 5.33. The van der Waals surface area contributed by atoms with Gasteiger partial charge in [-0.1, -0.05) is 39.0 Å². The van der Waals surface area contributed by atoms with Crippen molar-refractivity contribution in [3.8, 4) is 0 Å². The number of nitrogens with one attached hydrogen (secondary N) is 1. The first-order valence-electron chi connectivity index (χ1n) is 7.44. The molecule has 0 spiro atoms. The van der Waals surface area contributed by atoms with Crippen molar-refractivity contribution in [3.63, 3.8) is 0 Å². The van der Waals surface area contributed by atoms with Gasteiger partial charge in [-0.25, -0.2) is 0 Å². The van der Waals surface area contributed by atoms with E-state index >= 15 is 0 Å². The zero-order chi connectivity index (χ0) is 12.2. The van der Waals surface area contributed by atoms with E-state index in [0.717, 1.165) is 32.8 Å². The number of unbranched alkanes of at least 4 members (excludes halogenated alkanes) is 5. The Labute approximate surface area is 107 Å². The molecule has 0 bridgehead atoms. The van der Waals surface area contributed by atoms with Crippen molar-refractivity contribution in [2.75, 3.05) is 45.9 Å². The predicted molar refractivity (Wildman–Crippen MR) is 73.5 cm³/mol. The Balaban J connectivity index is 1.75. The molecule has 0 unspecified atom stereocenters. The van der Waals surface area contributed by atoms with Crippen molar-refractivity contribution in [2.45, 2.75) is 45.4 Å². The molecule has 0 aromatic heterocycles. The average molecular weight is 242 g/mol. The van der Waals surface area contributed by atoms with Crippen molar-refractivity contribution in [1.29, 1.82) is 0 Å². The molecule has 102 valence electrons. The molecule has 1 rings (SSSR count). The minimum atomic E-state index is 0.914. The SMILES string of the molecule is CCCCCCCCNCCN1CCOCC1. The minimum Gasteiger partial charge on any atom is -0.379 e. The average Bonchev–Trinajstić information content (AvgIpc) is 2.38. The van der Waals surface area contributed by atoms with Gasteiger partial charge in [0.1, 0.15) is 0 Å². The molecule has 1 aliphatic heterocycles. The van der Waals surface area contributed by atoms with Gasteiger partial charge < -0.3 is 10.1 Å². The molecule has 1 fully saturated rings. The quantitative estimate of drug-likeness (QED) is 0.595. The summed E-state index contributed by atoms with van der Waals surface area (Å²) in [6.07, 6.45) is 8.32. The molecule has 17 heavy (non-hydrogen) atoms. The Hall–Kier alpha value is -0.120. The molecule has 1 aliphatic rings. The normalized spacial score (nSPS) is 17.5. The zero-order valence-corrected chi connectivity index (χ0v) is 11.5. The lowest BCUT2D eigenvalue weighted by atomic mass is 10.1. The van der Waals surface area contributed by atoms with Crippen LogP contribution in [0.15, 0.2) is 0 Å². The molecule has 3 heteroatoms. The van der Waals surface area contributed by atoms with Gasteiger partial charge in [0.25, 0.3) is 0 Å². The fourth-order valence-corrected chi connectivity index (χ4v) is 2.22. The fourth-order valence-electron chi connectivity index (χ4n) is 2.22. The first kappa shape index (κ1) is 14.9. The summed E-state index contributed by atoms with van der Waals surface area (Å²) in [6, 6.07) is 0. The van der Waals surface area contributed by atoms with Crippen molar-refractivity contribution >= 4 is 0 Å². The molecule has 0 aliphatic carbocycles. The van der Waals surface area contributed by atoms with Gasteiger partial charge in [0, 0.05) is 26.2 Å². The lowest BCUT2D eigenvalue weighted by molar-refractivity contribution is 0.0384. The summed E-state index contributed by atoms with van der Waals surface area (Å²) in [5, 5.41) is 3.54. The van der Waals surface area contributed by atoms with Crippen LogP contribution in [-0.4, -0.2) is 50.8 Å². The largest absolute Gasteiger partial charge is 0.379 e. The molecule has 1 heterocycles. The number of hydrogen-bond acceptors (Lipinski definition) is 3. The second-order valence-corrected chi connectivity index (χ2v) is 4.97. The summed E-state index contributed by atoms with van der Waals surface area (Å²) < 4.78 is 5.33. The van der Waals surface area contributed by atoms with E-state index in [-0.39, 0.29) is 0 Å². The first-order chi connectivity index (χ1) is 8.43. The van der Waals surface area contributed by atoms with Crippen LogP contribution in [-0.2, 0) is 4.74 Å². The molecule has 3 nitrogen and oxygen atoms in total. The summed E-state index contributed by atoms with van der Waals surface area (Å²) in [7, 11) is 0. The lowest BCUT2D eigenvalue weighted by Crippen LogP contribution is -2.40. The van der Waals surface area contributed by atoms with Crippen molar-refractivity contribution < 1.29 is 4.74 Å². The van der Waals surface area contributed by atoms with Gasteiger partial charge in [-0.3, -0.25) is 4.90 Å². The Morgan fingerprint density at radius 2 is 1.65 bits per heavy atom. The highest BCUT2D eigenvalue weighted by atomic mass is 16.5. The summed E-state index contributed by atoms with van der Waals surface area (Å²) in [6.45, 7) is 9.82. The fraction of sp³-hybridized carbons (Fsp3) is 1.00. The molecule has 0 aromatic rings. The maximum Gasteiger partial charge on any atom is 0.0594 e. The van der Waals surface area contributed by atoms with E-state index in [1.165, 1.54) is 51.6 Å². The third-order valence-corrected chi connectivity index (χ3v) is 3.42. The molecular formula is C14H30N2O. The highest BCUT2D eigenvalue weighted by Crippen LogP contribution is 2.03. The second kappa shape index (κ2) is 11.0. The minimum absolute atomic E-state index is 0.914. The van der Waals surface area contributed by atoms with Crippen LogP contribution in [0.5, 0.6) is 0 Å². The van der Waals surface area contributed by atoms with Gasteiger partial charge in [-0.15, -0.1) is 0 Å². The third kappa shape index (κ3) is 8.58. The van der Waals surface area contributed by atoms with Crippen LogP contribution in [0.3, 0.4) is 0 Å². The Bertz CT molecular complexity index is 158. The summed E-state index contributed by atoms with van der Waals surface area (Å²) in [4.78, 5) is 2.48. The van der Waals surface area contributed by atoms with Crippen LogP contribution in [0.1, 0.15) is 45.4 Å². The van der Waals surface area contributed by atoms with Crippen molar-refractivity contribution in [2.24, 2.45) is 0 Å². The van der Waals surface area contributed by atoms with Gasteiger partial charge in [0.15, 0.2) is 0 Å². The van der Waals surface area contributed by atoms with Crippen LogP contribution in [0, 0.1) is 0 Å². The topological polar surface area (TPSA) is 24.5 Å². The molecule has 1 saturated heterocycles.